The minimum atomic E-state index is -0.681. The van der Waals surface area contributed by atoms with Crippen LogP contribution in [0.3, 0.4) is 0 Å². The van der Waals surface area contributed by atoms with E-state index < -0.39 is 6.17 Å². The first kappa shape index (κ1) is 21.8. The molecule has 0 saturated carbocycles. The van der Waals surface area contributed by atoms with Crippen LogP contribution < -0.4 is 4.74 Å². The van der Waals surface area contributed by atoms with Crippen LogP contribution in [0, 0.1) is 0 Å². The molecule has 0 aliphatic carbocycles. The molecule has 0 bridgehead atoms. The Bertz CT molecular complexity index is 899. The van der Waals surface area contributed by atoms with Crippen molar-refractivity contribution in [3.63, 3.8) is 0 Å². The molecule has 0 fully saturated rings. The Balaban J connectivity index is 1.56. The highest BCUT2D eigenvalue weighted by Crippen LogP contribution is 2.25. The van der Waals surface area contributed by atoms with Gasteiger partial charge in [0.15, 0.2) is 0 Å². The third kappa shape index (κ3) is 6.55. The minimum absolute atomic E-state index is 0.503. The molecule has 3 rings (SSSR count). The number of benzene rings is 2. The Hall–Kier alpha value is -2.94. The molecular formula is C27H30FNO. The highest BCUT2D eigenvalue weighted by Gasteiger charge is 2.04. The van der Waals surface area contributed by atoms with Crippen LogP contribution in [-0.4, -0.2) is 17.8 Å². The molecule has 3 aromatic rings. The van der Waals surface area contributed by atoms with Crippen LogP contribution in [0.5, 0.6) is 5.75 Å². The van der Waals surface area contributed by atoms with Crippen molar-refractivity contribution in [1.82, 2.24) is 4.98 Å². The van der Waals surface area contributed by atoms with Crippen LogP contribution in [0.2, 0.25) is 0 Å². The molecule has 0 spiro atoms. The summed E-state index contributed by atoms with van der Waals surface area (Å²) < 4.78 is 18.3. The van der Waals surface area contributed by atoms with E-state index in [-0.39, 0.29) is 0 Å². The van der Waals surface area contributed by atoms with Gasteiger partial charge in [0.2, 0.25) is 0 Å². The number of pyridine rings is 1. The van der Waals surface area contributed by atoms with E-state index >= 15 is 0 Å². The summed E-state index contributed by atoms with van der Waals surface area (Å²) in [6, 6.07) is 20.8. The molecule has 1 aromatic heterocycles. The van der Waals surface area contributed by atoms with Crippen LogP contribution in [0.4, 0.5) is 4.39 Å². The van der Waals surface area contributed by atoms with Gasteiger partial charge in [-0.05, 0) is 67.6 Å². The predicted molar refractivity (Wildman–Crippen MR) is 124 cm³/mol. The van der Waals surface area contributed by atoms with Gasteiger partial charge < -0.3 is 4.74 Å². The molecule has 2 aromatic carbocycles. The van der Waals surface area contributed by atoms with E-state index in [0.29, 0.717) is 13.0 Å². The van der Waals surface area contributed by atoms with Crippen molar-refractivity contribution in [1.29, 1.82) is 0 Å². The number of nitrogens with zero attached hydrogens (tertiary/aromatic N) is 1. The average molecular weight is 404 g/mol. The maximum Gasteiger partial charge on any atom is 0.119 e. The van der Waals surface area contributed by atoms with E-state index in [2.05, 4.69) is 48.0 Å². The summed E-state index contributed by atoms with van der Waals surface area (Å²) in [6.45, 7) is 5.80. The highest BCUT2D eigenvalue weighted by atomic mass is 19.1. The lowest BCUT2D eigenvalue weighted by Gasteiger charge is -2.07. The standard InChI is InChI=1S/C27H30FNO/c1-3-19-30-26-16-13-24(14-17-26)27-18-15-25(20-29-27)23-11-9-22(10-12-23)8-6-4-5-7-21(2)28/h3,9-18,20-21H,1,4-8,19H2,2H3. The van der Waals surface area contributed by atoms with Gasteiger partial charge in [-0.3, -0.25) is 4.98 Å². The van der Waals surface area contributed by atoms with Crippen molar-refractivity contribution in [3.8, 4) is 28.1 Å². The zero-order valence-electron chi connectivity index (χ0n) is 17.7. The maximum atomic E-state index is 12.8. The van der Waals surface area contributed by atoms with Crippen LogP contribution in [0.1, 0.15) is 38.2 Å². The Morgan fingerprint density at radius 2 is 1.60 bits per heavy atom. The maximum absolute atomic E-state index is 12.8. The first-order chi connectivity index (χ1) is 14.7. The summed E-state index contributed by atoms with van der Waals surface area (Å²) in [6.07, 6.45) is 7.86. The molecule has 0 aliphatic heterocycles. The summed E-state index contributed by atoms with van der Waals surface area (Å²) in [7, 11) is 0. The second-order valence-corrected chi connectivity index (χ2v) is 7.63. The predicted octanol–water partition coefficient (Wildman–Crippen LogP) is 7.44. The smallest absolute Gasteiger partial charge is 0.119 e. The Labute approximate surface area is 179 Å². The van der Waals surface area contributed by atoms with Crippen LogP contribution >= 0.6 is 0 Å². The number of ether oxygens (including phenoxy) is 1. The minimum Gasteiger partial charge on any atom is -0.490 e. The van der Waals surface area contributed by atoms with Gasteiger partial charge in [0.1, 0.15) is 12.4 Å². The van der Waals surface area contributed by atoms with Crippen molar-refractivity contribution in [2.24, 2.45) is 0 Å². The van der Waals surface area contributed by atoms with Crippen LogP contribution in [0.15, 0.2) is 79.5 Å². The van der Waals surface area contributed by atoms with E-state index in [1.165, 1.54) is 5.56 Å². The van der Waals surface area contributed by atoms with Gasteiger partial charge in [0.25, 0.3) is 0 Å². The Kier molecular flexibility index (Phi) is 8.20. The summed E-state index contributed by atoms with van der Waals surface area (Å²) in [5, 5.41) is 0. The van der Waals surface area contributed by atoms with Crippen molar-refractivity contribution in [3.05, 3.63) is 85.1 Å². The van der Waals surface area contributed by atoms with Crippen molar-refractivity contribution < 1.29 is 9.13 Å². The Morgan fingerprint density at radius 3 is 2.23 bits per heavy atom. The van der Waals surface area contributed by atoms with E-state index in [9.17, 15) is 4.39 Å². The molecule has 0 N–H and O–H groups in total. The molecule has 0 amide bonds. The quantitative estimate of drug-likeness (QED) is 0.245. The number of unbranched alkanes of at least 4 members (excludes halogenated alkanes) is 2. The lowest BCUT2D eigenvalue weighted by atomic mass is 10.0. The summed E-state index contributed by atoms with van der Waals surface area (Å²) in [4.78, 5) is 4.64. The third-order valence-corrected chi connectivity index (χ3v) is 5.14. The molecule has 1 heterocycles. The SMILES string of the molecule is C=CCOc1ccc(-c2ccc(-c3ccc(CCCCCC(C)F)cc3)cn2)cc1. The topological polar surface area (TPSA) is 22.1 Å². The van der Waals surface area contributed by atoms with Crippen molar-refractivity contribution in [2.45, 2.75) is 45.2 Å². The van der Waals surface area contributed by atoms with Gasteiger partial charge in [-0.25, -0.2) is 4.39 Å². The fourth-order valence-corrected chi connectivity index (χ4v) is 3.41. The number of aryl methyl sites for hydroxylation is 1. The number of halogens is 1. The largest absolute Gasteiger partial charge is 0.490 e. The molecule has 2 nitrogen and oxygen atoms in total. The van der Waals surface area contributed by atoms with E-state index in [1.807, 2.05) is 30.5 Å². The van der Waals surface area contributed by atoms with Crippen molar-refractivity contribution in [2.75, 3.05) is 6.61 Å². The molecular weight excluding hydrogens is 373 g/mol. The molecule has 0 radical (unpaired) electrons. The molecule has 1 atom stereocenters. The van der Waals surface area contributed by atoms with Gasteiger partial charge in [-0.2, -0.15) is 0 Å². The molecule has 156 valence electrons. The first-order valence-corrected chi connectivity index (χ1v) is 10.7. The molecule has 0 aliphatic rings. The van der Waals surface area contributed by atoms with E-state index in [4.69, 9.17) is 4.74 Å². The molecule has 1 unspecified atom stereocenters. The number of alkyl halides is 1. The summed E-state index contributed by atoms with van der Waals surface area (Å²) >= 11 is 0. The van der Waals surface area contributed by atoms with Gasteiger partial charge in [-0.1, -0.05) is 55.8 Å². The number of rotatable bonds is 11. The molecule has 30 heavy (non-hydrogen) atoms. The van der Waals surface area contributed by atoms with Gasteiger partial charge in [-0.15, -0.1) is 0 Å². The van der Waals surface area contributed by atoms with E-state index in [1.54, 1.807) is 13.0 Å². The first-order valence-electron chi connectivity index (χ1n) is 10.7. The zero-order valence-corrected chi connectivity index (χ0v) is 17.7. The van der Waals surface area contributed by atoms with Crippen LogP contribution in [-0.2, 0) is 6.42 Å². The second-order valence-electron chi connectivity index (χ2n) is 7.63. The van der Waals surface area contributed by atoms with Gasteiger partial charge in [0, 0.05) is 17.3 Å². The molecule has 3 heteroatoms. The average Bonchev–Trinajstić information content (AvgIpc) is 2.78. The normalized spacial score (nSPS) is 11.8. The Morgan fingerprint density at radius 1 is 0.900 bits per heavy atom. The monoisotopic (exact) mass is 403 g/mol. The van der Waals surface area contributed by atoms with Crippen molar-refractivity contribution >= 4 is 0 Å². The number of aromatic nitrogens is 1. The zero-order chi connectivity index (χ0) is 21.2. The van der Waals surface area contributed by atoms with Crippen LogP contribution in [0.25, 0.3) is 22.4 Å². The summed E-state index contributed by atoms with van der Waals surface area (Å²) in [5.41, 5.74) is 5.60. The van der Waals surface area contributed by atoms with Gasteiger partial charge in [0.05, 0.1) is 11.9 Å². The molecule has 0 saturated heterocycles. The highest BCUT2D eigenvalue weighted by molar-refractivity contribution is 5.67. The lowest BCUT2D eigenvalue weighted by molar-refractivity contribution is 0.330. The van der Waals surface area contributed by atoms with Gasteiger partial charge >= 0.3 is 0 Å². The second kappa shape index (κ2) is 11.3. The third-order valence-electron chi connectivity index (χ3n) is 5.14. The lowest BCUT2D eigenvalue weighted by Crippen LogP contribution is -1.93. The van der Waals surface area contributed by atoms with E-state index in [0.717, 1.165) is 53.8 Å². The number of hydrogen-bond acceptors (Lipinski definition) is 2. The summed E-state index contributed by atoms with van der Waals surface area (Å²) in [5.74, 6) is 0.826. The fourth-order valence-electron chi connectivity index (χ4n) is 3.41. The fraction of sp³-hybridized carbons (Fsp3) is 0.296. The number of hydrogen-bond donors (Lipinski definition) is 0.